The molecule has 1 amide bonds. The van der Waals surface area contributed by atoms with Gasteiger partial charge in [0.05, 0.1) is 17.6 Å². The first-order chi connectivity index (χ1) is 12.4. The molecule has 140 valence electrons. The third kappa shape index (κ3) is 3.96. The van der Waals surface area contributed by atoms with E-state index < -0.39 is 9.84 Å². The maximum atomic E-state index is 12.4. The van der Waals surface area contributed by atoms with Gasteiger partial charge in [0.2, 0.25) is 0 Å². The van der Waals surface area contributed by atoms with Crippen molar-refractivity contribution in [3.05, 3.63) is 30.1 Å². The van der Waals surface area contributed by atoms with Crippen LogP contribution in [0.3, 0.4) is 0 Å². The molecule has 0 bridgehead atoms. The summed E-state index contributed by atoms with van der Waals surface area (Å²) < 4.78 is 35.6. The number of rotatable bonds is 6. The molecule has 1 aliphatic heterocycles. The summed E-state index contributed by atoms with van der Waals surface area (Å²) in [6, 6.07) is 5.32. The van der Waals surface area contributed by atoms with Crippen molar-refractivity contribution in [1.29, 1.82) is 0 Å². The summed E-state index contributed by atoms with van der Waals surface area (Å²) in [6.07, 6.45) is 1.50. The predicted octanol–water partition coefficient (Wildman–Crippen LogP) is 0.545. The van der Waals surface area contributed by atoms with Gasteiger partial charge in [0.25, 0.3) is 5.91 Å². The van der Waals surface area contributed by atoms with Gasteiger partial charge in [0.1, 0.15) is 13.2 Å². The number of carbonyl (C=O) groups is 1. The number of hydrogen-bond acceptors (Lipinski definition) is 7. The van der Waals surface area contributed by atoms with Crippen molar-refractivity contribution in [3.63, 3.8) is 0 Å². The molecule has 2 heterocycles. The SMILES string of the molecule is CCS(=O)(=O)CCN(C)C(=O)c1cn(-c2ccc3c(c2)OCCO3)nn1. The normalized spacial score (nSPS) is 13.5. The molecule has 0 spiro atoms. The second-order valence-electron chi connectivity index (χ2n) is 5.84. The lowest BCUT2D eigenvalue weighted by molar-refractivity contribution is 0.0797. The Hall–Kier alpha value is -2.62. The van der Waals surface area contributed by atoms with Crippen molar-refractivity contribution in [2.24, 2.45) is 0 Å². The van der Waals surface area contributed by atoms with Gasteiger partial charge in [0, 0.05) is 25.4 Å². The number of amides is 1. The van der Waals surface area contributed by atoms with Crippen molar-refractivity contribution in [3.8, 4) is 17.2 Å². The van der Waals surface area contributed by atoms with E-state index >= 15 is 0 Å². The zero-order chi connectivity index (χ0) is 18.7. The first-order valence-electron chi connectivity index (χ1n) is 8.18. The predicted molar refractivity (Wildman–Crippen MR) is 93.6 cm³/mol. The van der Waals surface area contributed by atoms with E-state index in [0.29, 0.717) is 30.4 Å². The van der Waals surface area contributed by atoms with Crippen LogP contribution in [0.25, 0.3) is 5.69 Å². The van der Waals surface area contributed by atoms with Crippen LogP contribution in [-0.4, -0.2) is 72.5 Å². The Kier molecular flexibility index (Phi) is 5.12. The fourth-order valence-corrected chi connectivity index (χ4v) is 3.22. The minimum atomic E-state index is -3.14. The molecule has 0 unspecified atom stereocenters. The van der Waals surface area contributed by atoms with Gasteiger partial charge < -0.3 is 14.4 Å². The molecule has 2 aromatic rings. The average Bonchev–Trinajstić information content (AvgIpc) is 3.15. The number of ether oxygens (including phenoxy) is 2. The van der Waals surface area contributed by atoms with E-state index in [1.807, 2.05) is 0 Å². The number of hydrogen-bond donors (Lipinski definition) is 0. The second kappa shape index (κ2) is 7.32. The van der Waals surface area contributed by atoms with Gasteiger partial charge in [-0.25, -0.2) is 13.1 Å². The third-order valence-electron chi connectivity index (χ3n) is 4.03. The quantitative estimate of drug-likeness (QED) is 0.721. The molecule has 1 aromatic carbocycles. The van der Waals surface area contributed by atoms with Crippen molar-refractivity contribution >= 4 is 15.7 Å². The second-order valence-corrected chi connectivity index (χ2v) is 8.31. The van der Waals surface area contributed by atoms with Gasteiger partial charge in [-0.2, -0.15) is 0 Å². The molecular weight excluding hydrogens is 360 g/mol. The van der Waals surface area contributed by atoms with Crippen LogP contribution in [0.5, 0.6) is 11.5 Å². The van der Waals surface area contributed by atoms with Crippen molar-refractivity contribution in [1.82, 2.24) is 19.9 Å². The van der Waals surface area contributed by atoms with Crippen LogP contribution in [0, 0.1) is 0 Å². The van der Waals surface area contributed by atoms with E-state index in [9.17, 15) is 13.2 Å². The van der Waals surface area contributed by atoms with Gasteiger partial charge in [-0.3, -0.25) is 4.79 Å². The topological polar surface area (TPSA) is 104 Å². The van der Waals surface area contributed by atoms with Crippen molar-refractivity contribution in [2.75, 3.05) is 38.3 Å². The molecule has 0 atom stereocenters. The molecule has 10 heteroatoms. The summed E-state index contributed by atoms with van der Waals surface area (Å²) in [6.45, 7) is 2.67. The van der Waals surface area contributed by atoms with Crippen molar-refractivity contribution in [2.45, 2.75) is 6.92 Å². The summed E-state index contributed by atoms with van der Waals surface area (Å²) in [5.74, 6) is 0.851. The Bertz CT molecular complexity index is 909. The molecule has 3 rings (SSSR count). The van der Waals surface area contributed by atoms with Gasteiger partial charge in [-0.15, -0.1) is 5.10 Å². The zero-order valence-electron chi connectivity index (χ0n) is 14.6. The maximum Gasteiger partial charge on any atom is 0.275 e. The fraction of sp³-hybridized carbons (Fsp3) is 0.438. The van der Waals surface area contributed by atoms with E-state index in [-0.39, 0.29) is 29.7 Å². The van der Waals surface area contributed by atoms with E-state index in [2.05, 4.69) is 10.3 Å². The number of benzene rings is 1. The average molecular weight is 380 g/mol. The van der Waals surface area contributed by atoms with Crippen LogP contribution >= 0.6 is 0 Å². The van der Waals surface area contributed by atoms with Crippen LogP contribution < -0.4 is 9.47 Å². The first kappa shape index (κ1) is 18.2. The summed E-state index contributed by atoms with van der Waals surface area (Å²) >= 11 is 0. The minimum Gasteiger partial charge on any atom is -0.486 e. The monoisotopic (exact) mass is 380 g/mol. The molecule has 0 saturated heterocycles. The lowest BCUT2D eigenvalue weighted by Crippen LogP contribution is -2.32. The summed E-state index contributed by atoms with van der Waals surface area (Å²) in [7, 11) is -1.60. The van der Waals surface area contributed by atoms with Gasteiger partial charge in [0.15, 0.2) is 27.0 Å². The Labute approximate surface area is 151 Å². The lowest BCUT2D eigenvalue weighted by Gasteiger charge is -2.18. The number of fused-ring (bicyclic) bond motifs is 1. The molecular formula is C16H20N4O5S. The molecule has 1 aliphatic rings. The van der Waals surface area contributed by atoms with Crippen LogP contribution in [0.15, 0.2) is 24.4 Å². The highest BCUT2D eigenvalue weighted by molar-refractivity contribution is 7.91. The number of sulfone groups is 1. The zero-order valence-corrected chi connectivity index (χ0v) is 15.4. The molecule has 0 aliphatic carbocycles. The van der Waals surface area contributed by atoms with E-state index in [0.717, 1.165) is 0 Å². The largest absolute Gasteiger partial charge is 0.486 e. The van der Waals surface area contributed by atoms with Gasteiger partial charge in [-0.05, 0) is 12.1 Å². The molecule has 9 nitrogen and oxygen atoms in total. The molecule has 0 fully saturated rings. The summed E-state index contributed by atoms with van der Waals surface area (Å²) in [5.41, 5.74) is 0.813. The van der Waals surface area contributed by atoms with E-state index in [1.165, 1.54) is 22.8 Å². The standard InChI is InChI=1S/C16H20N4O5S/c1-3-26(22,23)9-6-19(2)16(21)13-11-20(18-17-13)12-4-5-14-15(10-12)25-8-7-24-14/h4-5,10-11H,3,6-9H2,1-2H3. The number of nitrogens with zero attached hydrogens (tertiary/aromatic N) is 4. The van der Waals surface area contributed by atoms with Crippen molar-refractivity contribution < 1.29 is 22.7 Å². The van der Waals surface area contributed by atoms with Crippen LogP contribution in [0.4, 0.5) is 0 Å². The van der Waals surface area contributed by atoms with Crippen LogP contribution in [-0.2, 0) is 9.84 Å². The van der Waals surface area contributed by atoms with Gasteiger partial charge >= 0.3 is 0 Å². The molecule has 0 radical (unpaired) electrons. The molecule has 0 N–H and O–H groups in total. The third-order valence-corrected chi connectivity index (χ3v) is 5.71. The summed E-state index contributed by atoms with van der Waals surface area (Å²) in [4.78, 5) is 13.7. The van der Waals surface area contributed by atoms with Crippen LogP contribution in [0.2, 0.25) is 0 Å². The van der Waals surface area contributed by atoms with Gasteiger partial charge in [-0.1, -0.05) is 12.1 Å². The highest BCUT2D eigenvalue weighted by atomic mass is 32.2. The highest BCUT2D eigenvalue weighted by Crippen LogP contribution is 2.31. The first-order valence-corrected chi connectivity index (χ1v) is 10.00. The maximum absolute atomic E-state index is 12.4. The number of carbonyl (C=O) groups excluding carboxylic acids is 1. The smallest absolute Gasteiger partial charge is 0.275 e. The van der Waals surface area contributed by atoms with Crippen LogP contribution in [0.1, 0.15) is 17.4 Å². The molecule has 1 aromatic heterocycles. The Morgan fingerprint density at radius 2 is 2.00 bits per heavy atom. The Morgan fingerprint density at radius 1 is 1.27 bits per heavy atom. The highest BCUT2D eigenvalue weighted by Gasteiger charge is 2.19. The van der Waals surface area contributed by atoms with E-state index in [4.69, 9.17) is 9.47 Å². The summed E-state index contributed by atoms with van der Waals surface area (Å²) in [5, 5.41) is 7.86. The minimum absolute atomic E-state index is 0.0509. The molecule has 26 heavy (non-hydrogen) atoms. The Balaban J connectivity index is 1.72. The van der Waals surface area contributed by atoms with E-state index in [1.54, 1.807) is 25.1 Å². The number of aromatic nitrogens is 3. The fourth-order valence-electron chi connectivity index (χ4n) is 2.38. The lowest BCUT2D eigenvalue weighted by atomic mass is 10.2. The molecule has 0 saturated carbocycles. The Morgan fingerprint density at radius 3 is 2.73 bits per heavy atom.